The Morgan fingerprint density at radius 2 is 1.71 bits per heavy atom. The van der Waals surface area contributed by atoms with Crippen LogP contribution < -0.4 is 24.8 Å². The maximum Gasteiger partial charge on any atom is 0.227 e. The van der Waals surface area contributed by atoms with Crippen molar-refractivity contribution in [3.63, 3.8) is 0 Å². The third-order valence-electron chi connectivity index (χ3n) is 4.56. The Hall–Kier alpha value is -3.00. The van der Waals surface area contributed by atoms with E-state index in [1.807, 2.05) is 6.07 Å². The third-order valence-corrected chi connectivity index (χ3v) is 4.56. The Morgan fingerprint density at radius 1 is 1.04 bits per heavy atom. The predicted octanol–water partition coefficient (Wildman–Crippen LogP) is 3.22. The van der Waals surface area contributed by atoms with E-state index in [0.717, 1.165) is 18.5 Å². The van der Waals surface area contributed by atoms with Crippen molar-refractivity contribution in [2.45, 2.75) is 12.8 Å². The highest BCUT2D eigenvalue weighted by Crippen LogP contribution is 2.40. The molecule has 2 heterocycles. The zero-order valence-electron chi connectivity index (χ0n) is 16.3. The highest BCUT2D eigenvalue weighted by molar-refractivity contribution is 5.92. The zero-order valence-corrected chi connectivity index (χ0v) is 16.3. The molecule has 0 unspecified atom stereocenters. The SMILES string of the molecule is COc1cc(Nc2ccc(NC(=O)C3CCOCC3)cn2)cc(OC)c1OC. The molecule has 2 N–H and O–H groups in total. The number of hydrogen-bond acceptors (Lipinski definition) is 7. The molecule has 0 atom stereocenters. The van der Waals surface area contributed by atoms with E-state index < -0.39 is 0 Å². The van der Waals surface area contributed by atoms with E-state index >= 15 is 0 Å². The van der Waals surface area contributed by atoms with Crippen LogP contribution in [-0.2, 0) is 9.53 Å². The lowest BCUT2D eigenvalue weighted by atomic mass is 9.99. The van der Waals surface area contributed by atoms with Crippen LogP contribution >= 0.6 is 0 Å². The lowest BCUT2D eigenvalue weighted by Crippen LogP contribution is -2.28. The van der Waals surface area contributed by atoms with Gasteiger partial charge in [0, 0.05) is 37.0 Å². The summed E-state index contributed by atoms with van der Waals surface area (Å²) in [5.74, 6) is 2.24. The van der Waals surface area contributed by atoms with Gasteiger partial charge in [0.25, 0.3) is 0 Å². The number of ether oxygens (including phenoxy) is 4. The van der Waals surface area contributed by atoms with Gasteiger partial charge < -0.3 is 29.6 Å². The third kappa shape index (κ3) is 4.64. The van der Waals surface area contributed by atoms with E-state index in [1.165, 1.54) is 0 Å². The standard InChI is InChI=1S/C20H25N3O5/c1-25-16-10-15(11-17(26-2)19(16)27-3)22-18-5-4-14(12-21-18)23-20(24)13-6-8-28-9-7-13/h4-5,10-13H,6-9H2,1-3H3,(H,21,22)(H,23,24). The molecule has 0 aliphatic carbocycles. The monoisotopic (exact) mass is 387 g/mol. The van der Waals surface area contributed by atoms with Gasteiger partial charge in [0.05, 0.1) is 33.2 Å². The highest BCUT2D eigenvalue weighted by Gasteiger charge is 2.21. The van der Waals surface area contributed by atoms with Gasteiger partial charge in [-0.3, -0.25) is 4.79 Å². The van der Waals surface area contributed by atoms with Crippen molar-refractivity contribution in [3.05, 3.63) is 30.5 Å². The second-order valence-corrected chi connectivity index (χ2v) is 6.35. The molecule has 0 spiro atoms. The van der Waals surface area contributed by atoms with E-state index in [9.17, 15) is 4.79 Å². The number of carbonyl (C=O) groups excluding carboxylic acids is 1. The molecule has 28 heavy (non-hydrogen) atoms. The summed E-state index contributed by atoms with van der Waals surface area (Å²) in [6.07, 6.45) is 3.12. The second-order valence-electron chi connectivity index (χ2n) is 6.35. The minimum atomic E-state index is -0.00854. The van der Waals surface area contributed by atoms with Crippen LogP contribution in [0.3, 0.4) is 0 Å². The summed E-state index contributed by atoms with van der Waals surface area (Å²) < 4.78 is 21.3. The Balaban J connectivity index is 1.68. The Kier molecular flexibility index (Phi) is 6.54. The molecule has 1 aliphatic heterocycles. The van der Waals surface area contributed by atoms with Crippen molar-refractivity contribution in [2.75, 3.05) is 45.2 Å². The molecule has 1 aromatic heterocycles. The van der Waals surface area contributed by atoms with Gasteiger partial charge in [-0.05, 0) is 25.0 Å². The van der Waals surface area contributed by atoms with Crippen LogP contribution in [0.2, 0.25) is 0 Å². The minimum Gasteiger partial charge on any atom is -0.493 e. The fraction of sp³-hybridized carbons (Fsp3) is 0.400. The average molecular weight is 387 g/mol. The smallest absolute Gasteiger partial charge is 0.227 e. The molecule has 1 saturated heterocycles. The van der Waals surface area contributed by atoms with Crippen molar-refractivity contribution in [2.24, 2.45) is 5.92 Å². The Labute approximate surface area is 164 Å². The Bertz CT molecular complexity index is 779. The van der Waals surface area contributed by atoms with Gasteiger partial charge in [-0.2, -0.15) is 0 Å². The lowest BCUT2D eigenvalue weighted by Gasteiger charge is -2.21. The first kappa shape index (κ1) is 19.8. The summed E-state index contributed by atoms with van der Waals surface area (Å²) >= 11 is 0. The molecule has 0 saturated carbocycles. The van der Waals surface area contributed by atoms with Gasteiger partial charge in [0.2, 0.25) is 11.7 Å². The number of rotatable bonds is 7. The van der Waals surface area contributed by atoms with E-state index in [4.69, 9.17) is 18.9 Å². The number of methoxy groups -OCH3 is 3. The number of aromatic nitrogens is 1. The van der Waals surface area contributed by atoms with Gasteiger partial charge in [0.15, 0.2) is 11.5 Å². The quantitative estimate of drug-likeness (QED) is 0.754. The summed E-state index contributed by atoms with van der Waals surface area (Å²) in [6, 6.07) is 7.20. The molecule has 8 heteroatoms. The van der Waals surface area contributed by atoms with Gasteiger partial charge in [-0.15, -0.1) is 0 Å². The van der Waals surface area contributed by atoms with Crippen LogP contribution in [0.25, 0.3) is 0 Å². The summed E-state index contributed by atoms with van der Waals surface area (Å²) in [5.41, 5.74) is 1.40. The molecule has 1 aliphatic rings. The first-order valence-electron chi connectivity index (χ1n) is 9.06. The molecule has 1 amide bonds. The van der Waals surface area contributed by atoms with Crippen LogP contribution in [0.4, 0.5) is 17.2 Å². The average Bonchev–Trinajstić information content (AvgIpc) is 2.75. The van der Waals surface area contributed by atoms with Crippen molar-refractivity contribution < 1.29 is 23.7 Å². The summed E-state index contributed by atoms with van der Waals surface area (Å²) in [5, 5.41) is 6.11. The summed E-state index contributed by atoms with van der Waals surface area (Å²) in [7, 11) is 4.69. The second kappa shape index (κ2) is 9.27. The maximum atomic E-state index is 12.3. The molecule has 3 rings (SSSR count). The van der Waals surface area contributed by atoms with Crippen molar-refractivity contribution >= 4 is 23.1 Å². The van der Waals surface area contributed by atoms with Crippen LogP contribution in [-0.4, -0.2) is 45.4 Å². The number of carbonyl (C=O) groups is 1. The minimum absolute atomic E-state index is 0.00854. The fourth-order valence-corrected chi connectivity index (χ4v) is 3.05. The number of nitrogens with one attached hydrogen (secondary N) is 2. The molecule has 0 bridgehead atoms. The number of benzene rings is 1. The fourth-order valence-electron chi connectivity index (χ4n) is 3.05. The zero-order chi connectivity index (χ0) is 19.9. The van der Waals surface area contributed by atoms with Crippen LogP contribution in [0.1, 0.15) is 12.8 Å². The molecular formula is C20H25N3O5. The van der Waals surface area contributed by atoms with Crippen molar-refractivity contribution in [3.8, 4) is 17.2 Å². The van der Waals surface area contributed by atoms with Crippen LogP contribution in [0, 0.1) is 5.92 Å². The molecule has 0 radical (unpaired) electrons. The topological polar surface area (TPSA) is 90.9 Å². The largest absolute Gasteiger partial charge is 0.493 e. The number of nitrogens with zero attached hydrogens (tertiary/aromatic N) is 1. The van der Waals surface area contributed by atoms with Gasteiger partial charge in [0.1, 0.15) is 5.82 Å². The van der Waals surface area contributed by atoms with Crippen LogP contribution in [0.15, 0.2) is 30.5 Å². The van der Waals surface area contributed by atoms with Gasteiger partial charge in [-0.25, -0.2) is 4.98 Å². The molecule has 1 aromatic carbocycles. The van der Waals surface area contributed by atoms with E-state index in [2.05, 4.69) is 15.6 Å². The van der Waals surface area contributed by atoms with Gasteiger partial charge >= 0.3 is 0 Å². The maximum absolute atomic E-state index is 12.3. The van der Waals surface area contributed by atoms with E-state index in [1.54, 1.807) is 45.7 Å². The highest BCUT2D eigenvalue weighted by atomic mass is 16.5. The first-order valence-corrected chi connectivity index (χ1v) is 9.06. The summed E-state index contributed by atoms with van der Waals surface area (Å²) in [4.78, 5) is 16.7. The predicted molar refractivity (Wildman–Crippen MR) is 106 cm³/mol. The number of hydrogen-bond donors (Lipinski definition) is 2. The lowest BCUT2D eigenvalue weighted by molar-refractivity contribution is -0.122. The first-order chi connectivity index (χ1) is 13.6. The van der Waals surface area contributed by atoms with E-state index in [0.29, 0.717) is 42.0 Å². The Morgan fingerprint density at radius 3 is 2.25 bits per heavy atom. The molecular weight excluding hydrogens is 362 g/mol. The molecule has 150 valence electrons. The van der Waals surface area contributed by atoms with Crippen molar-refractivity contribution in [1.29, 1.82) is 0 Å². The molecule has 1 fully saturated rings. The summed E-state index contributed by atoms with van der Waals surface area (Å²) in [6.45, 7) is 1.27. The van der Waals surface area contributed by atoms with Crippen molar-refractivity contribution in [1.82, 2.24) is 4.98 Å². The molecule has 2 aromatic rings. The molecule has 8 nitrogen and oxygen atoms in total. The normalized spacial score (nSPS) is 14.2. The number of anilines is 3. The van der Waals surface area contributed by atoms with E-state index in [-0.39, 0.29) is 11.8 Å². The van der Waals surface area contributed by atoms with Gasteiger partial charge in [-0.1, -0.05) is 0 Å². The number of amides is 1. The van der Waals surface area contributed by atoms with Crippen LogP contribution in [0.5, 0.6) is 17.2 Å². The number of pyridine rings is 1.